The van der Waals surface area contributed by atoms with E-state index in [1.54, 1.807) is 6.21 Å². The minimum atomic E-state index is -0.487. The summed E-state index contributed by atoms with van der Waals surface area (Å²) < 4.78 is 4.57. The molecule has 0 aliphatic carbocycles. The Morgan fingerprint density at radius 2 is 2.00 bits per heavy atom. The van der Waals surface area contributed by atoms with Crippen LogP contribution in [0.25, 0.3) is 0 Å². The molecule has 0 saturated heterocycles. The quantitative estimate of drug-likeness (QED) is 0.444. The standard InChI is InChI=1S/C12H14N2O3/c1-10(15)17-9-12(16)14(2)13-8-11-6-4-3-5-7-11/h3-8H,9H2,1-2H3. The van der Waals surface area contributed by atoms with Crippen LogP contribution < -0.4 is 0 Å². The van der Waals surface area contributed by atoms with Crippen LogP contribution in [0.2, 0.25) is 0 Å². The van der Waals surface area contributed by atoms with Crippen molar-refractivity contribution in [3.05, 3.63) is 35.9 Å². The highest BCUT2D eigenvalue weighted by molar-refractivity contribution is 5.83. The van der Waals surface area contributed by atoms with Crippen LogP contribution in [0, 0.1) is 0 Å². The zero-order chi connectivity index (χ0) is 12.7. The fraction of sp³-hybridized carbons (Fsp3) is 0.250. The lowest BCUT2D eigenvalue weighted by atomic mass is 10.2. The molecule has 1 amide bonds. The Balaban J connectivity index is 2.48. The number of carbonyl (C=O) groups is 2. The summed E-state index contributed by atoms with van der Waals surface area (Å²) in [5.74, 6) is -0.869. The minimum absolute atomic E-state index is 0.294. The summed E-state index contributed by atoms with van der Waals surface area (Å²) in [5.41, 5.74) is 0.889. The lowest BCUT2D eigenvalue weighted by molar-refractivity contribution is -0.149. The predicted octanol–water partition coefficient (Wildman–Crippen LogP) is 1.04. The van der Waals surface area contributed by atoms with Crippen molar-refractivity contribution in [3.8, 4) is 0 Å². The van der Waals surface area contributed by atoms with E-state index in [1.165, 1.54) is 14.0 Å². The van der Waals surface area contributed by atoms with Crippen molar-refractivity contribution >= 4 is 18.1 Å². The summed E-state index contributed by atoms with van der Waals surface area (Å²) in [6.45, 7) is 0.957. The smallest absolute Gasteiger partial charge is 0.303 e. The molecule has 0 fully saturated rings. The molecular weight excluding hydrogens is 220 g/mol. The molecule has 1 rings (SSSR count). The van der Waals surface area contributed by atoms with E-state index in [4.69, 9.17) is 0 Å². The maximum Gasteiger partial charge on any atom is 0.303 e. The number of ether oxygens (including phenoxy) is 1. The van der Waals surface area contributed by atoms with Gasteiger partial charge < -0.3 is 4.74 Å². The molecule has 0 aliphatic heterocycles. The molecule has 0 heterocycles. The van der Waals surface area contributed by atoms with Gasteiger partial charge in [-0.25, -0.2) is 5.01 Å². The number of hydrogen-bond acceptors (Lipinski definition) is 4. The first kappa shape index (κ1) is 12.9. The van der Waals surface area contributed by atoms with Crippen LogP contribution in [-0.2, 0) is 14.3 Å². The third-order valence-electron chi connectivity index (χ3n) is 1.94. The second-order valence-corrected chi connectivity index (χ2v) is 3.35. The van der Waals surface area contributed by atoms with Gasteiger partial charge in [-0.3, -0.25) is 9.59 Å². The Morgan fingerprint density at radius 3 is 2.59 bits per heavy atom. The lowest BCUT2D eigenvalue weighted by Gasteiger charge is -2.10. The van der Waals surface area contributed by atoms with E-state index < -0.39 is 5.97 Å². The van der Waals surface area contributed by atoms with Crippen LogP contribution >= 0.6 is 0 Å². The fourth-order valence-electron chi connectivity index (χ4n) is 1.01. The highest BCUT2D eigenvalue weighted by Gasteiger charge is 2.08. The van der Waals surface area contributed by atoms with Crippen molar-refractivity contribution in [2.24, 2.45) is 5.10 Å². The van der Waals surface area contributed by atoms with Crippen LogP contribution in [0.1, 0.15) is 12.5 Å². The molecule has 0 bridgehead atoms. The van der Waals surface area contributed by atoms with Crippen molar-refractivity contribution in [3.63, 3.8) is 0 Å². The molecule has 5 heteroatoms. The molecule has 0 saturated carbocycles. The largest absolute Gasteiger partial charge is 0.456 e. The molecule has 0 spiro atoms. The number of likely N-dealkylation sites (N-methyl/N-ethyl adjacent to an activating group) is 1. The molecule has 17 heavy (non-hydrogen) atoms. The molecule has 90 valence electrons. The first-order chi connectivity index (χ1) is 8.09. The van der Waals surface area contributed by atoms with Gasteiger partial charge in [-0.2, -0.15) is 5.10 Å². The van der Waals surface area contributed by atoms with Crippen LogP contribution in [-0.4, -0.2) is 36.8 Å². The van der Waals surface area contributed by atoms with Gasteiger partial charge in [-0.15, -0.1) is 0 Å². The van der Waals surface area contributed by atoms with Crippen LogP contribution in [0.5, 0.6) is 0 Å². The van der Waals surface area contributed by atoms with Crippen molar-refractivity contribution in [1.82, 2.24) is 5.01 Å². The highest BCUT2D eigenvalue weighted by Crippen LogP contribution is 1.95. The Labute approximate surface area is 99.7 Å². The third kappa shape index (κ3) is 4.92. The van der Waals surface area contributed by atoms with Crippen LogP contribution in [0.3, 0.4) is 0 Å². The fourth-order valence-corrected chi connectivity index (χ4v) is 1.01. The molecule has 1 aromatic carbocycles. The average Bonchev–Trinajstić information content (AvgIpc) is 2.34. The number of hydrazone groups is 1. The second-order valence-electron chi connectivity index (χ2n) is 3.35. The lowest BCUT2D eigenvalue weighted by Crippen LogP contribution is -2.26. The average molecular weight is 234 g/mol. The van der Waals surface area contributed by atoms with Gasteiger partial charge in [0.15, 0.2) is 6.61 Å². The van der Waals surface area contributed by atoms with E-state index in [-0.39, 0.29) is 12.5 Å². The van der Waals surface area contributed by atoms with Gasteiger partial charge in [0.05, 0.1) is 6.21 Å². The zero-order valence-corrected chi connectivity index (χ0v) is 9.79. The summed E-state index contributed by atoms with van der Waals surface area (Å²) in [6.07, 6.45) is 1.56. The summed E-state index contributed by atoms with van der Waals surface area (Å²) in [4.78, 5) is 21.9. The maximum absolute atomic E-state index is 11.4. The van der Waals surface area contributed by atoms with Crippen molar-refractivity contribution in [1.29, 1.82) is 0 Å². The monoisotopic (exact) mass is 234 g/mol. The number of esters is 1. The molecular formula is C12H14N2O3. The molecule has 5 nitrogen and oxygen atoms in total. The first-order valence-corrected chi connectivity index (χ1v) is 5.08. The van der Waals surface area contributed by atoms with E-state index in [2.05, 4.69) is 9.84 Å². The number of benzene rings is 1. The Kier molecular flexibility index (Phi) is 4.87. The molecule has 0 N–H and O–H groups in total. The summed E-state index contributed by atoms with van der Waals surface area (Å²) in [6, 6.07) is 9.39. The van der Waals surface area contributed by atoms with E-state index in [0.717, 1.165) is 10.6 Å². The van der Waals surface area contributed by atoms with E-state index in [9.17, 15) is 9.59 Å². The van der Waals surface area contributed by atoms with E-state index in [1.807, 2.05) is 30.3 Å². The van der Waals surface area contributed by atoms with Crippen LogP contribution in [0.15, 0.2) is 35.4 Å². The number of hydrogen-bond donors (Lipinski definition) is 0. The molecule has 0 atom stereocenters. The Bertz CT molecular complexity index is 415. The highest BCUT2D eigenvalue weighted by atomic mass is 16.5. The Morgan fingerprint density at radius 1 is 1.35 bits per heavy atom. The number of carbonyl (C=O) groups excluding carboxylic acids is 2. The van der Waals surface area contributed by atoms with Gasteiger partial charge in [0.1, 0.15) is 0 Å². The van der Waals surface area contributed by atoms with Crippen molar-refractivity contribution in [2.45, 2.75) is 6.92 Å². The number of amides is 1. The van der Waals surface area contributed by atoms with Crippen molar-refractivity contribution in [2.75, 3.05) is 13.7 Å². The van der Waals surface area contributed by atoms with Crippen LogP contribution in [0.4, 0.5) is 0 Å². The van der Waals surface area contributed by atoms with Gasteiger partial charge in [-0.1, -0.05) is 30.3 Å². The normalized spacial score (nSPS) is 10.2. The minimum Gasteiger partial charge on any atom is -0.456 e. The third-order valence-corrected chi connectivity index (χ3v) is 1.94. The number of nitrogens with zero attached hydrogens (tertiary/aromatic N) is 2. The SMILES string of the molecule is CC(=O)OCC(=O)N(C)N=Cc1ccccc1. The molecule has 0 radical (unpaired) electrons. The van der Waals surface area contributed by atoms with Gasteiger partial charge in [-0.05, 0) is 5.56 Å². The van der Waals surface area contributed by atoms with E-state index >= 15 is 0 Å². The van der Waals surface area contributed by atoms with Gasteiger partial charge in [0.2, 0.25) is 0 Å². The molecule has 0 aromatic heterocycles. The van der Waals surface area contributed by atoms with Gasteiger partial charge in [0, 0.05) is 14.0 Å². The number of rotatable bonds is 4. The van der Waals surface area contributed by atoms with Gasteiger partial charge >= 0.3 is 5.97 Å². The summed E-state index contributed by atoms with van der Waals surface area (Å²) in [7, 11) is 1.51. The van der Waals surface area contributed by atoms with E-state index in [0.29, 0.717) is 0 Å². The second kappa shape index (κ2) is 6.42. The summed E-state index contributed by atoms with van der Waals surface area (Å²) in [5, 5.41) is 5.07. The zero-order valence-electron chi connectivity index (χ0n) is 9.79. The molecule has 0 aliphatic rings. The maximum atomic E-state index is 11.4. The van der Waals surface area contributed by atoms with Crippen molar-refractivity contribution < 1.29 is 14.3 Å². The molecule has 0 unspecified atom stereocenters. The topological polar surface area (TPSA) is 59.0 Å². The Hall–Kier alpha value is -2.17. The molecule has 1 aromatic rings. The predicted molar refractivity (Wildman–Crippen MR) is 63.4 cm³/mol. The first-order valence-electron chi connectivity index (χ1n) is 5.08. The van der Waals surface area contributed by atoms with Gasteiger partial charge in [0.25, 0.3) is 5.91 Å². The summed E-state index contributed by atoms with van der Waals surface area (Å²) >= 11 is 0.